The largest absolute Gasteiger partial charge is 0.346 e. The molecule has 0 aliphatic carbocycles. The van der Waals surface area contributed by atoms with E-state index in [-0.39, 0.29) is 17.9 Å². The third-order valence-electron chi connectivity index (χ3n) is 3.41. The highest BCUT2D eigenvalue weighted by Gasteiger charge is 2.22. The number of halogens is 1. The van der Waals surface area contributed by atoms with Crippen molar-refractivity contribution < 1.29 is 4.79 Å². The number of benzene rings is 1. The van der Waals surface area contributed by atoms with E-state index >= 15 is 0 Å². The molecule has 5 nitrogen and oxygen atoms in total. The van der Waals surface area contributed by atoms with Gasteiger partial charge in [0.05, 0.1) is 6.04 Å². The van der Waals surface area contributed by atoms with Crippen LogP contribution in [0.1, 0.15) is 43.5 Å². The molecule has 0 unspecified atom stereocenters. The number of aryl methyl sites for hydroxylation is 2. The minimum absolute atomic E-state index is 0.0128. The third-order valence-corrected chi connectivity index (χ3v) is 3.64. The first-order valence-electron chi connectivity index (χ1n) is 7.38. The lowest BCUT2D eigenvalue weighted by Crippen LogP contribution is -2.32. The Balaban J connectivity index is 1.94. The van der Waals surface area contributed by atoms with Gasteiger partial charge in [-0.1, -0.05) is 37.6 Å². The number of aromatic amines is 1. The normalized spacial score (nSPS) is 12.4. The van der Waals surface area contributed by atoms with Crippen LogP contribution < -0.4 is 5.32 Å². The van der Waals surface area contributed by atoms with E-state index in [0.717, 1.165) is 11.4 Å². The Morgan fingerprint density at radius 2 is 2.18 bits per heavy atom. The average Bonchev–Trinajstić information content (AvgIpc) is 2.88. The van der Waals surface area contributed by atoms with Crippen molar-refractivity contribution in [2.45, 2.75) is 39.7 Å². The lowest BCUT2D eigenvalue weighted by atomic mass is 10.0. The molecular formula is C16H21ClN4O. The predicted molar refractivity (Wildman–Crippen MR) is 86.6 cm³/mol. The molecule has 0 spiro atoms. The molecule has 118 valence electrons. The Hall–Kier alpha value is -1.88. The molecule has 2 N–H and O–H groups in total. The monoisotopic (exact) mass is 320 g/mol. The molecule has 2 rings (SSSR count). The third kappa shape index (κ3) is 4.56. The van der Waals surface area contributed by atoms with Crippen LogP contribution in [0.15, 0.2) is 24.3 Å². The van der Waals surface area contributed by atoms with Crippen LogP contribution in [0.25, 0.3) is 0 Å². The van der Waals surface area contributed by atoms with E-state index in [1.165, 1.54) is 0 Å². The summed E-state index contributed by atoms with van der Waals surface area (Å²) in [4.78, 5) is 16.5. The van der Waals surface area contributed by atoms with Crippen molar-refractivity contribution in [1.29, 1.82) is 0 Å². The second-order valence-electron chi connectivity index (χ2n) is 5.70. The van der Waals surface area contributed by atoms with Crippen molar-refractivity contribution in [2.24, 2.45) is 5.92 Å². The first-order valence-corrected chi connectivity index (χ1v) is 7.76. The van der Waals surface area contributed by atoms with E-state index in [4.69, 9.17) is 11.6 Å². The number of nitrogens with one attached hydrogen (secondary N) is 2. The van der Waals surface area contributed by atoms with Gasteiger partial charge in [0.1, 0.15) is 5.82 Å². The van der Waals surface area contributed by atoms with Crippen molar-refractivity contribution in [3.63, 3.8) is 0 Å². The fourth-order valence-corrected chi connectivity index (χ4v) is 2.44. The summed E-state index contributed by atoms with van der Waals surface area (Å²) >= 11 is 5.95. The minimum Gasteiger partial charge on any atom is -0.346 e. The first-order chi connectivity index (χ1) is 10.5. The van der Waals surface area contributed by atoms with E-state index in [1.54, 1.807) is 0 Å². The van der Waals surface area contributed by atoms with Gasteiger partial charge >= 0.3 is 0 Å². The zero-order valence-electron chi connectivity index (χ0n) is 13.1. The van der Waals surface area contributed by atoms with Gasteiger partial charge in [-0.25, -0.2) is 4.98 Å². The number of rotatable bonds is 6. The summed E-state index contributed by atoms with van der Waals surface area (Å²) in [6.45, 7) is 5.91. The summed E-state index contributed by atoms with van der Waals surface area (Å²) in [6, 6.07) is 7.39. The Kier molecular flexibility index (Phi) is 5.55. The Labute approximate surface area is 135 Å². The van der Waals surface area contributed by atoms with Gasteiger partial charge in [0.2, 0.25) is 5.91 Å². The van der Waals surface area contributed by atoms with Crippen molar-refractivity contribution in [3.05, 3.63) is 46.5 Å². The number of aromatic nitrogens is 3. The SMILES string of the molecule is Cc1nc([C@@H](NC(=O)CCc2cccc(Cl)c2)C(C)C)n[nH]1. The van der Waals surface area contributed by atoms with Gasteiger partial charge in [0.15, 0.2) is 5.82 Å². The molecule has 0 aliphatic heterocycles. The van der Waals surface area contributed by atoms with Crippen LogP contribution >= 0.6 is 11.6 Å². The van der Waals surface area contributed by atoms with Crippen LogP contribution in [0.5, 0.6) is 0 Å². The van der Waals surface area contributed by atoms with Gasteiger partial charge in [-0.05, 0) is 37.0 Å². The molecule has 0 radical (unpaired) electrons. The van der Waals surface area contributed by atoms with Gasteiger partial charge in [0.25, 0.3) is 0 Å². The average molecular weight is 321 g/mol. The summed E-state index contributed by atoms with van der Waals surface area (Å²) in [6.07, 6.45) is 1.07. The first kappa shape index (κ1) is 16.5. The summed E-state index contributed by atoms with van der Waals surface area (Å²) in [7, 11) is 0. The molecule has 1 aromatic carbocycles. The second kappa shape index (κ2) is 7.40. The molecule has 0 saturated carbocycles. The minimum atomic E-state index is -0.184. The highest BCUT2D eigenvalue weighted by Crippen LogP contribution is 2.18. The maximum absolute atomic E-state index is 12.2. The Morgan fingerprint density at radius 3 is 2.77 bits per heavy atom. The lowest BCUT2D eigenvalue weighted by Gasteiger charge is -2.19. The molecular weight excluding hydrogens is 300 g/mol. The molecule has 2 aromatic rings. The number of hydrogen-bond donors (Lipinski definition) is 2. The van der Waals surface area contributed by atoms with Gasteiger partial charge in [-0.15, -0.1) is 0 Å². The highest BCUT2D eigenvalue weighted by molar-refractivity contribution is 6.30. The zero-order valence-corrected chi connectivity index (χ0v) is 13.8. The van der Waals surface area contributed by atoms with Crippen LogP contribution in [-0.2, 0) is 11.2 Å². The van der Waals surface area contributed by atoms with Gasteiger partial charge in [0, 0.05) is 11.4 Å². The van der Waals surface area contributed by atoms with E-state index in [2.05, 4.69) is 20.5 Å². The van der Waals surface area contributed by atoms with Crippen LogP contribution in [0.2, 0.25) is 5.02 Å². The number of carbonyl (C=O) groups is 1. The van der Waals surface area contributed by atoms with Crippen molar-refractivity contribution >= 4 is 17.5 Å². The molecule has 1 atom stereocenters. The van der Waals surface area contributed by atoms with E-state index in [9.17, 15) is 4.79 Å². The summed E-state index contributed by atoms with van der Waals surface area (Å²) in [5.41, 5.74) is 1.05. The maximum Gasteiger partial charge on any atom is 0.220 e. The molecule has 0 fully saturated rings. The van der Waals surface area contributed by atoms with E-state index in [0.29, 0.717) is 23.7 Å². The number of amides is 1. The van der Waals surface area contributed by atoms with Gasteiger partial charge < -0.3 is 5.32 Å². The Bertz CT molecular complexity index is 639. The van der Waals surface area contributed by atoms with Crippen molar-refractivity contribution in [2.75, 3.05) is 0 Å². The molecule has 0 bridgehead atoms. The molecule has 0 saturated heterocycles. The van der Waals surface area contributed by atoms with E-state index in [1.807, 2.05) is 45.0 Å². The fourth-order valence-electron chi connectivity index (χ4n) is 2.22. The smallest absolute Gasteiger partial charge is 0.220 e. The molecule has 1 aromatic heterocycles. The topological polar surface area (TPSA) is 70.7 Å². The molecule has 6 heteroatoms. The lowest BCUT2D eigenvalue weighted by molar-refractivity contribution is -0.122. The maximum atomic E-state index is 12.2. The van der Waals surface area contributed by atoms with Crippen molar-refractivity contribution in [1.82, 2.24) is 20.5 Å². The Morgan fingerprint density at radius 1 is 1.41 bits per heavy atom. The molecule has 22 heavy (non-hydrogen) atoms. The van der Waals surface area contributed by atoms with Crippen LogP contribution in [0, 0.1) is 12.8 Å². The number of hydrogen-bond acceptors (Lipinski definition) is 3. The highest BCUT2D eigenvalue weighted by atomic mass is 35.5. The summed E-state index contributed by atoms with van der Waals surface area (Å²) in [5, 5.41) is 10.7. The van der Waals surface area contributed by atoms with E-state index < -0.39 is 0 Å². The van der Waals surface area contributed by atoms with Crippen LogP contribution in [0.3, 0.4) is 0 Å². The van der Waals surface area contributed by atoms with Crippen molar-refractivity contribution in [3.8, 4) is 0 Å². The number of carbonyl (C=O) groups excluding carboxylic acids is 1. The number of nitrogens with zero attached hydrogens (tertiary/aromatic N) is 2. The van der Waals surface area contributed by atoms with Crippen LogP contribution in [-0.4, -0.2) is 21.1 Å². The van der Waals surface area contributed by atoms with Gasteiger partial charge in [-0.2, -0.15) is 5.10 Å². The van der Waals surface area contributed by atoms with Gasteiger partial charge in [-0.3, -0.25) is 9.89 Å². The molecule has 1 heterocycles. The second-order valence-corrected chi connectivity index (χ2v) is 6.13. The number of H-pyrrole nitrogens is 1. The quantitative estimate of drug-likeness (QED) is 0.858. The fraction of sp³-hybridized carbons (Fsp3) is 0.438. The zero-order chi connectivity index (χ0) is 16.1. The predicted octanol–water partition coefficient (Wildman–Crippen LogP) is 3.21. The summed E-state index contributed by atoms with van der Waals surface area (Å²) < 4.78 is 0. The van der Waals surface area contributed by atoms with Crippen LogP contribution in [0.4, 0.5) is 0 Å². The summed E-state index contributed by atoms with van der Waals surface area (Å²) in [5.74, 6) is 1.57. The standard InChI is InChI=1S/C16H21ClN4O/c1-10(2)15(16-18-11(3)20-21-16)19-14(22)8-7-12-5-4-6-13(17)9-12/h4-6,9-10,15H,7-8H2,1-3H3,(H,19,22)(H,18,20,21)/t15-/m0/s1. The molecule has 0 aliphatic rings. The molecule has 1 amide bonds.